The zero-order chi connectivity index (χ0) is 26.9. The second kappa shape index (κ2) is 9.50. The van der Waals surface area contributed by atoms with Crippen molar-refractivity contribution in [3.63, 3.8) is 0 Å². The molecule has 9 rings (SSSR count). The van der Waals surface area contributed by atoms with Crippen molar-refractivity contribution in [3.05, 3.63) is 128 Å². The molecule has 0 saturated heterocycles. The van der Waals surface area contributed by atoms with Crippen LogP contribution in [0.1, 0.15) is 0 Å². The van der Waals surface area contributed by atoms with E-state index in [0.717, 1.165) is 60.3 Å². The van der Waals surface area contributed by atoms with Gasteiger partial charge in [-0.2, -0.15) is 0 Å². The summed E-state index contributed by atoms with van der Waals surface area (Å²) in [5, 5.41) is 6.05. The minimum atomic E-state index is 0. The van der Waals surface area contributed by atoms with Crippen LogP contribution >= 0.6 is 0 Å². The maximum Gasteiger partial charge on any atom is 2.00 e. The number of fused-ring (bicyclic) bond motifs is 12. The molecule has 0 N–H and O–H groups in total. The molecule has 0 aliphatic rings. The summed E-state index contributed by atoms with van der Waals surface area (Å²) in [6.45, 7) is 0. The maximum absolute atomic E-state index is 6.36. The molecule has 200 valence electrons. The zero-order valence-electron chi connectivity index (χ0n) is 21.9. The third-order valence-electron chi connectivity index (χ3n) is 7.74. The first kappa shape index (κ1) is 24.7. The van der Waals surface area contributed by atoms with E-state index in [-0.39, 0.29) is 21.1 Å². The number of hydrogen-bond donors (Lipinski definition) is 0. The van der Waals surface area contributed by atoms with E-state index in [2.05, 4.69) is 81.1 Å². The second-order valence-electron chi connectivity index (χ2n) is 10.0. The number of ether oxygens (including phenoxy) is 1. The van der Waals surface area contributed by atoms with Gasteiger partial charge in [0.15, 0.2) is 0 Å². The number of benzene rings is 4. The molecule has 42 heavy (non-hydrogen) atoms. The molecule has 0 saturated carbocycles. The summed E-state index contributed by atoms with van der Waals surface area (Å²) in [5.41, 5.74) is 5.93. The summed E-state index contributed by atoms with van der Waals surface area (Å²) >= 11 is 0. The Morgan fingerprint density at radius 3 is 1.93 bits per heavy atom. The predicted octanol–water partition coefficient (Wildman–Crippen LogP) is 8.05. The molecule has 0 radical (unpaired) electrons. The minimum absolute atomic E-state index is 0. The van der Waals surface area contributed by atoms with E-state index in [9.17, 15) is 0 Å². The fourth-order valence-corrected chi connectivity index (χ4v) is 5.99. The Morgan fingerprint density at radius 2 is 1.17 bits per heavy atom. The molecule has 0 aliphatic carbocycles. The average Bonchev–Trinajstić information content (AvgIpc) is 3.73. The van der Waals surface area contributed by atoms with Crippen molar-refractivity contribution in [1.82, 2.24) is 23.8 Å². The number of hydrogen-bond acceptors (Lipinski definition) is 4. The van der Waals surface area contributed by atoms with Crippen molar-refractivity contribution in [3.8, 4) is 22.6 Å². The molecular formula is C35H19N5OPt. The van der Waals surface area contributed by atoms with Gasteiger partial charge in [0.1, 0.15) is 5.65 Å². The molecule has 0 atom stereocenters. The fraction of sp³-hybridized carbons (Fsp3) is 0. The molecule has 4 aromatic carbocycles. The first-order valence-electron chi connectivity index (χ1n) is 13.4. The van der Waals surface area contributed by atoms with Gasteiger partial charge in [-0.1, -0.05) is 100 Å². The third-order valence-corrected chi connectivity index (χ3v) is 7.74. The first-order valence-corrected chi connectivity index (χ1v) is 13.4. The molecule has 0 fully saturated rings. The SMILES string of the molecule is [Pt+2].[c-]1c(Oc2[c-]c3c(cc2)c2cccc(-c4ccccc4)c2n2ccnc32)ccc2c1c1nccn1c1ncccc21. The molecule has 0 aliphatic heterocycles. The second-order valence-corrected chi connectivity index (χ2v) is 10.0. The van der Waals surface area contributed by atoms with E-state index in [1.807, 2.05) is 53.3 Å². The molecular weight excluding hydrogens is 701 g/mol. The topological polar surface area (TPSA) is 56.7 Å². The van der Waals surface area contributed by atoms with Crippen LogP contribution < -0.4 is 4.74 Å². The van der Waals surface area contributed by atoms with Crippen LogP contribution in [-0.2, 0) is 21.1 Å². The van der Waals surface area contributed by atoms with Crippen LogP contribution in [0.15, 0.2) is 116 Å². The molecule has 7 heteroatoms. The first-order chi connectivity index (χ1) is 20.3. The van der Waals surface area contributed by atoms with Crippen LogP contribution in [0.3, 0.4) is 0 Å². The molecule has 0 spiro atoms. The standard InChI is InChI=1S/C35H19N5O.Pt/c1-2-6-22(7-3-1)25-8-4-9-28-26-13-11-23(20-30(26)34-37-16-18-39(34)32(25)28)41-24-12-14-27-29-10-5-15-36-33(29)40-19-17-38-35(40)31(27)21-24;/h1-19H;/q-2;+2. The summed E-state index contributed by atoms with van der Waals surface area (Å²) < 4.78 is 10.5. The van der Waals surface area contributed by atoms with E-state index in [0.29, 0.717) is 11.5 Å². The molecule has 0 unspecified atom stereocenters. The van der Waals surface area contributed by atoms with Gasteiger partial charge in [0.05, 0.1) is 11.3 Å². The molecule has 9 aromatic rings. The van der Waals surface area contributed by atoms with Gasteiger partial charge in [-0.15, -0.1) is 12.1 Å². The Morgan fingerprint density at radius 1 is 0.524 bits per heavy atom. The molecule has 6 nitrogen and oxygen atoms in total. The van der Waals surface area contributed by atoms with Gasteiger partial charge in [-0.25, -0.2) is 4.98 Å². The Balaban J connectivity index is 0.00000267. The number of rotatable bonds is 3. The van der Waals surface area contributed by atoms with Crippen LogP contribution in [0.5, 0.6) is 11.5 Å². The minimum Gasteiger partial charge on any atom is -0.497 e. The fourth-order valence-electron chi connectivity index (χ4n) is 5.99. The van der Waals surface area contributed by atoms with Crippen molar-refractivity contribution in [1.29, 1.82) is 0 Å². The van der Waals surface area contributed by atoms with Crippen molar-refractivity contribution in [2.45, 2.75) is 0 Å². The van der Waals surface area contributed by atoms with Crippen LogP contribution in [0.25, 0.3) is 65.9 Å². The van der Waals surface area contributed by atoms with Gasteiger partial charge >= 0.3 is 21.1 Å². The monoisotopic (exact) mass is 720 g/mol. The van der Waals surface area contributed by atoms with Crippen molar-refractivity contribution in [2.24, 2.45) is 0 Å². The van der Waals surface area contributed by atoms with Gasteiger partial charge in [0, 0.05) is 53.6 Å². The molecule has 0 amide bonds. The van der Waals surface area contributed by atoms with Crippen molar-refractivity contribution >= 4 is 54.8 Å². The zero-order valence-corrected chi connectivity index (χ0v) is 24.2. The smallest absolute Gasteiger partial charge is 0.497 e. The summed E-state index contributed by atoms with van der Waals surface area (Å²) in [6.07, 6.45) is 9.35. The Bertz CT molecular complexity index is 2460. The van der Waals surface area contributed by atoms with Crippen LogP contribution in [0.4, 0.5) is 0 Å². The average molecular weight is 721 g/mol. The van der Waals surface area contributed by atoms with E-state index in [4.69, 9.17) is 9.72 Å². The summed E-state index contributed by atoms with van der Waals surface area (Å²) in [5.74, 6) is 1.19. The maximum atomic E-state index is 6.36. The van der Waals surface area contributed by atoms with Crippen LogP contribution in [0.2, 0.25) is 0 Å². The Labute approximate surface area is 254 Å². The number of aromatic nitrogens is 5. The van der Waals surface area contributed by atoms with Gasteiger partial charge in [0.25, 0.3) is 0 Å². The van der Waals surface area contributed by atoms with Gasteiger partial charge < -0.3 is 13.5 Å². The van der Waals surface area contributed by atoms with Gasteiger partial charge in [-0.3, -0.25) is 9.97 Å². The largest absolute Gasteiger partial charge is 2.00 e. The Kier molecular flexibility index (Phi) is 5.59. The van der Waals surface area contributed by atoms with Crippen LogP contribution in [0, 0.1) is 12.1 Å². The number of para-hydroxylation sites is 1. The quantitative estimate of drug-likeness (QED) is 0.137. The molecule has 5 heterocycles. The number of pyridine rings is 3. The van der Waals surface area contributed by atoms with Crippen molar-refractivity contribution < 1.29 is 25.8 Å². The predicted molar refractivity (Wildman–Crippen MR) is 161 cm³/mol. The summed E-state index contributed by atoms with van der Waals surface area (Å²) in [4.78, 5) is 13.9. The van der Waals surface area contributed by atoms with Gasteiger partial charge in [0.2, 0.25) is 0 Å². The summed E-state index contributed by atoms with van der Waals surface area (Å²) in [7, 11) is 0. The van der Waals surface area contributed by atoms with Crippen LogP contribution in [-0.4, -0.2) is 23.8 Å². The third kappa shape index (κ3) is 3.59. The van der Waals surface area contributed by atoms with E-state index < -0.39 is 0 Å². The van der Waals surface area contributed by atoms with E-state index in [1.54, 1.807) is 12.4 Å². The van der Waals surface area contributed by atoms with E-state index in [1.165, 1.54) is 5.56 Å². The normalized spacial score (nSPS) is 11.6. The Hall–Kier alpha value is -5.06. The van der Waals surface area contributed by atoms with E-state index >= 15 is 0 Å². The molecule has 0 bridgehead atoms. The van der Waals surface area contributed by atoms with Crippen molar-refractivity contribution in [2.75, 3.05) is 0 Å². The summed E-state index contributed by atoms with van der Waals surface area (Å²) in [6, 6.07) is 35.9. The number of nitrogens with zero attached hydrogens (tertiary/aromatic N) is 5. The van der Waals surface area contributed by atoms with Gasteiger partial charge in [-0.05, 0) is 22.4 Å². The number of imidazole rings is 2. The molecule has 5 aromatic heterocycles.